The second-order valence-electron chi connectivity index (χ2n) is 3.98. The maximum absolute atomic E-state index is 12.4. The van der Waals surface area contributed by atoms with Gasteiger partial charge in [-0.05, 0) is 19.8 Å². The van der Waals surface area contributed by atoms with Crippen molar-refractivity contribution in [3.05, 3.63) is 49.1 Å². The van der Waals surface area contributed by atoms with E-state index in [4.69, 9.17) is 0 Å². The van der Waals surface area contributed by atoms with Crippen LogP contribution in [0.5, 0.6) is 0 Å². The highest BCUT2D eigenvalue weighted by Crippen LogP contribution is 2.27. The summed E-state index contributed by atoms with van der Waals surface area (Å²) in [5.74, 6) is 0. The third-order valence-corrected chi connectivity index (χ3v) is 2.26. The van der Waals surface area contributed by atoms with Gasteiger partial charge >= 0.3 is 6.18 Å². The van der Waals surface area contributed by atoms with E-state index in [0.29, 0.717) is 6.42 Å². The third-order valence-electron chi connectivity index (χ3n) is 2.26. The lowest BCUT2D eigenvalue weighted by Crippen LogP contribution is -2.09. The van der Waals surface area contributed by atoms with Crippen molar-refractivity contribution in [2.75, 3.05) is 0 Å². The molecule has 0 saturated heterocycles. The number of hydrogen-bond acceptors (Lipinski definition) is 0. The molecule has 0 fully saturated rings. The number of unbranched alkanes of at least 4 members (excludes halogenated alkanes) is 4. The standard InChI is InChI=1S/C12H19F3.C4H6/c1-3-5-6-7-8-10-11(9-4-2)12(13,14)15;1-3-4-2/h4,9-10H,3,5-8H2,1-2H3;3-4H,1-2H2/b9-4-,11-10+;. The predicted octanol–water partition coefficient (Wildman–Crippen LogP) is 6.38. The summed E-state index contributed by atoms with van der Waals surface area (Å²) < 4.78 is 37.1. The molecule has 0 amide bonds. The number of alkyl halides is 3. The molecule has 0 heterocycles. The molecule has 0 rings (SSSR count). The van der Waals surface area contributed by atoms with Gasteiger partial charge in [-0.3, -0.25) is 0 Å². The summed E-state index contributed by atoms with van der Waals surface area (Å²) in [6.07, 6.45) is 7.46. The largest absolute Gasteiger partial charge is 0.416 e. The minimum Gasteiger partial charge on any atom is -0.166 e. The van der Waals surface area contributed by atoms with Crippen molar-refractivity contribution in [1.29, 1.82) is 0 Å². The Morgan fingerprint density at radius 3 is 2.00 bits per heavy atom. The highest BCUT2D eigenvalue weighted by Gasteiger charge is 2.30. The molecule has 0 bridgehead atoms. The van der Waals surface area contributed by atoms with Crippen molar-refractivity contribution in [3.8, 4) is 0 Å². The number of allylic oxidation sites excluding steroid dienone is 6. The molecular weight excluding hydrogens is 249 g/mol. The summed E-state index contributed by atoms with van der Waals surface area (Å²) in [6, 6.07) is 0. The predicted molar refractivity (Wildman–Crippen MR) is 78.1 cm³/mol. The fourth-order valence-corrected chi connectivity index (χ4v) is 1.29. The van der Waals surface area contributed by atoms with Crippen molar-refractivity contribution in [1.82, 2.24) is 0 Å². The molecule has 0 radical (unpaired) electrons. The van der Waals surface area contributed by atoms with Gasteiger partial charge in [-0.1, -0.05) is 69.7 Å². The Balaban J connectivity index is 0. The lowest BCUT2D eigenvalue weighted by molar-refractivity contribution is -0.0884. The number of halogens is 3. The molecule has 0 N–H and O–H groups in total. The summed E-state index contributed by atoms with van der Waals surface area (Å²) in [6.45, 7) is 10.4. The maximum atomic E-state index is 12.4. The molecule has 0 saturated carbocycles. The quantitative estimate of drug-likeness (QED) is 0.373. The van der Waals surface area contributed by atoms with Gasteiger partial charge in [-0.15, -0.1) is 0 Å². The van der Waals surface area contributed by atoms with Gasteiger partial charge in [0.05, 0.1) is 5.57 Å². The van der Waals surface area contributed by atoms with Crippen LogP contribution < -0.4 is 0 Å². The molecule has 0 aromatic heterocycles. The van der Waals surface area contributed by atoms with E-state index in [1.807, 2.05) is 0 Å². The number of rotatable bonds is 7. The van der Waals surface area contributed by atoms with Crippen molar-refractivity contribution in [2.45, 2.75) is 52.1 Å². The van der Waals surface area contributed by atoms with Crippen LogP contribution in [0.25, 0.3) is 0 Å². The first kappa shape index (κ1) is 20.1. The first-order valence-corrected chi connectivity index (χ1v) is 6.57. The Labute approximate surface area is 115 Å². The minimum absolute atomic E-state index is 0.513. The summed E-state index contributed by atoms with van der Waals surface area (Å²) in [7, 11) is 0. The molecule has 0 aliphatic carbocycles. The summed E-state index contributed by atoms with van der Waals surface area (Å²) in [5, 5.41) is 0. The lowest BCUT2D eigenvalue weighted by Gasteiger charge is -2.07. The molecule has 0 aliphatic rings. The zero-order valence-electron chi connectivity index (χ0n) is 12.0. The fourth-order valence-electron chi connectivity index (χ4n) is 1.29. The van der Waals surface area contributed by atoms with Crippen LogP contribution in [0.2, 0.25) is 0 Å². The van der Waals surface area contributed by atoms with Crippen LogP contribution in [-0.4, -0.2) is 6.18 Å². The summed E-state index contributed by atoms with van der Waals surface area (Å²) >= 11 is 0. The van der Waals surface area contributed by atoms with E-state index < -0.39 is 11.7 Å². The van der Waals surface area contributed by atoms with Gasteiger partial charge < -0.3 is 0 Å². The van der Waals surface area contributed by atoms with Crippen molar-refractivity contribution in [3.63, 3.8) is 0 Å². The van der Waals surface area contributed by atoms with Gasteiger partial charge in [0.1, 0.15) is 0 Å². The van der Waals surface area contributed by atoms with E-state index in [2.05, 4.69) is 20.1 Å². The highest BCUT2D eigenvalue weighted by molar-refractivity contribution is 5.23. The second-order valence-corrected chi connectivity index (χ2v) is 3.98. The monoisotopic (exact) mass is 274 g/mol. The third kappa shape index (κ3) is 14.7. The number of hydrogen-bond donors (Lipinski definition) is 0. The Kier molecular flexibility index (Phi) is 13.9. The zero-order valence-corrected chi connectivity index (χ0v) is 12.0. The van der Waals surface area contributed by atoms with Crippen LogP contribution in [0.1, 0.15) is 46.0 Å². The van der Waals surface area contributed by atoms with Gasteiger partial charge in [-0.2, -0.15) is 13.2 Å². The van der Waals surface area contributed by atoms with Crippen molar-refractivity contribution >= 4 is 0 Å². The van der Waals surface area contributed by atoms with E-state index in [0.717, 1.165) is 31.8 Å². The van der Waals surface area contributed by atoms with E-state index in [1.165, 1.54) is 12.2 Å². The molecule has 19 heavy (non-hydrogen) atoms. The van der Waals surface area contributed by atoms with E-state index in [1.54, 1.807) is 19.1 Å². The maximum Gasteiger partial charge on any atom is 0.416 e. The average Bonchev–Trinajstić information content (AvgIpc) is 2.36. The molecular formula is C16H25F3. The molecule has 0 aromatic carbocycles. The second kappa shape index (κ2) is 13.2. The van der Waals surface area contributed by atoms with Gasteiger partial charge in [0.25, 0.3) is 0 Å². The zero-order chi connectivity index (χ0) is 15.1. The van der Waals surface area contributed by atoms with E-state index in [-0.39, 0.29) is 0 Å². The van der Waals surface area contributed by atoms with Crippen molar-refractivity contribution < 1.29 is 13.2 Å². The van der Waals surface area contributed by atoms with Crippen LogP contribution in [0.15, 0.2) is 49.1 Å². The Morgan fingerprint density at radius 2 is 1.63 bits per heavy atom. The Bertz CT molecular complexity index is 277. The van der Waals surface area contributed by atoms with Gasteiger partial charge in [0.15, 0.2) is 0 Å². The van der Waals surface area contributed by atoms with E-state index in [9.17, 15) is 13.2 Å². The summed E-state index contributed by atoms with van der Waals surface area (Å²) in [5.41, 5.74) is -0.526. The molecule has 0 atom stereocenters. The smallest absolute Gasteiger partial charge is 0.166 e. The van der Waals surface area contributed by atoms with Crippen LogP contribution in [0.3, 0.4) is 0 Å². The molecule has 0 nitrogen and oxygen atoms in total. The highest BCUT2D eigenvalue weighted by atomic mass is 19.4. The average molecular weight is 274 g/mol. The SMILES string of the molecule is C/C=C\C(=C/CCCCCC)C(F)(F)F.C=CC=C. The van der Waals surface area contributed by atoms with Crippen LogP contribution in [0.4, 0.5) is 13.2 Å². The molecule has 0 spiro atoms. The van der Waals surface area contributed by atoms with Crippen LogP contribution >= 0.6 is 0 Å². The van der Waals surface area contributed by atoms with E-state index >= 15 is 0 Å². The molecule has 0 unspecified atom stereocenters. The Morgan fingerprint density at radius 1 is 1.05 bits per heavy atom. The molecule has 3 heteroatoms. The van der Waals surface area contributed by atoms with Gasteiger partial charge in [0.2, 0.25) is 0 Å². The van der Waals surface area contributed by atoms with Gasteiger partial charge in [0, 0.05) is 0 Å². The normalized spacial score (nSPS) is 11.9. The van der Waals surface area contributed by atoms with Crippen LogP contribution in [-0.2, 0) is 0 Å². The molecule has 0 aromatic rings. The summed E-state index contributed by atoms with van der Waals surface area (Å²) in [4.78, 5) is 0. The van der Waals surface area contributed by atoms with Gasteiger partial charge in [-0.25, -0.2) is 0 Å². The molecule has 110 valence electrons. The minimum atomic E-state index is -4.21. The van der Waals surface area contributed by atoms with Crippen molar-refractivity contribution in [2.24, 2.45) is 0 Å². The Hall–Kier alpha value is -1.25. The van der Waals surface area contributed by atoms with Crippen LogP contribution in [0, 0.1) is 0 Å². The first-order valence-electron chi connectivity index (χ1n) is 6.57. The molecule has 0 aliphatic heterocycles. The fraction of sp³-hybridized carbons (Fsp3) is 0.500. The lowest BCUT2D eigenvalue weighted by atomic mass is 10.1. The topological polar surface area (TPSA) is 0 Å². The first-order chi connectivity index (χ1) is 8.93.